The Morgan fingerprint density at radius 3 is 2.36 bits per heavy atom. The first kappa shape index (κ1) is 28.5. The summed E-state index contributed by atoms with van der Waals surface area (Å²) in [6.45, 7) is 3.67. The average Bonchev–Trinajstić information content (AvgIpc) is 2.67. The van der Waals surface area contributed by atoms with Gasteiger partial charge in [0, 0.05) is 25.6 Å². The molecule has 0 unspecified atom stereocenters. The van der Waals surface area contributed by atoms with Crippen LogP contribution in [0.25, 0.3) is 0 Å². The van der Waals surface area contributed by atoms with Gasteiger partial charge in [-0.15, -0.1) is 0 Å². The number of amides is 1. The highest BCUT2D eigenvalue weighted by Crippen LogP contribution is 2.36. The highest BCUT2D eigenvalue weighted by Gasteiger charge is 2.32. The van der Waals surface area contributed by atoms with Crippen molar-refractivity contribution in [1.82, 2.24) is 9.97 Å². The Balaban J connectivity index is 0.00000181. The summed E-state index contributed by atoms with van der Waals surface area (Å²) in [4.78, 5) is 23.0. The van der Waals surface area contributed by atoms with E-state index in [9.17, 15) is 18.0 Å². The quantitative estimate of drug-likeness (QED) is 0.592. The Bertz CT molecular complexity index is 979. The molecule has 1 aliphatic heterocycles. The number of fused-ring (bicyclic) bond motifs is 1. The molecule has 1 aromatic heterocycles. The molecule has 4 rings (SSSR count). The third-order valence-electron chi connectivity index (χ3n) is 5.89. The van der Waals surface area contributed by atoms with Crippen molar-refractivity contribution in [1.29, 1.82) is 0 Å². The number of benzene rings is 1. The molecule has 1 amide bonds. The van der Waals surface area contributed by atoms with Gasteiger partial charge >= 0.3 is 0 Å². The van der Waals surface area contributed by atoms with Crippen molar-refractivity contribution >= 4 is 30.9 Å². The molecule has 1 saturated carbocycles. The van der Waals surface area contributed by atoms with Crippen LogP contribution in [-0.4, -0.2) is 35.1 Å². The highest BCUT2D eigenvalue weighted by atomic mass is 32.1. The summed E-state index contributed by atoms with van der Waals surface area (Å²) in [5.41, 5.74) is 1.39. The summed E-state index contributed by atoms with van der Waals surface area (Å²) in [6.07, 6.45) is 2.89. The van der Waals surface area contributed by atoms with Gasteiger partial charge in [-0.25, -0.2) is 23.1 Å². The molecule has 6 nitrogen and oxygen atoms in total. The lowest BCUT2D eigenvalue weighted by molar-refractivity contribution is -0.117. The number of nitrogens with one attached hydrogen (secondary N) is 1. The van der Waals surface area contributed by atoms with Crippen LogP contribution in [0.1, 0.15) is 52.6 Å². The first-order chi connectivity index (χ1) is 14.2. The molecular formula is C23H33F3N4O2S. The molecule has 2 aliphatic rings. The maximum atomic E-state index is 13.3. The average molecular weight is 487 g/mol. The molecule has 2 heterocycles. The SMILES string of the molecule is C.C.Cc1nc(CCC2CC(Oc3cc(F)c(F)c(F)c3)C2)nc2c1NC(=O)[C@H](C)N2C.S. The number of anilines is 2. The Hall–Kier alpha value is -2.49. The zero-order valence-electron chi connectivity index (χ0n) is 17.5. The van der Waals surface area contributed by atoms with E-state index in [0.717, 1.165) is 42.9 Å². The largest absolute Gasteiger partial charge is 0.490 e. The predicted molar refractivity (Wildman–Crippen MR) is 129 cm³/mol. The number of aryl methyl sites for hydroxylation is 2. The minimum atomic E-state index is -1.49. The maximum Gasteiger partial charge on any atom is 0.246 e. The highest BCUT2D eigenvalue weighted by molar-refractivity contribution is 7.59. The van der Waals surface area contributed by atoms with Gasteiger partial charge in [-0.3, -0.25) is 4.79 Å². The molecule has 0 spiro atoms. The number of hydrogen-bond acceptors (Lipinski definition) is 5. The minimum absolute atomic E-state index is 0. The van der Waals surface area contributed by atoms with E-state index >= 15 is 0 Å². The molecule has 0 saturated heterocycles. The lowest BCUT2D eigenvalue weighted by Gasteiger charge is -2.35. The van der Waals surface area contributed by atoms with Crippen molar-refractivity contribution < 1.29 is 22.7 Å². The van der Waals surface area contributed by atoms with Crippen LogP contribution in [0.3, 0.4) is 0 Å². The van der Waals surface area contributed by atoms with E-state index in [1.807, 2.05) is 25.8 Å². The number of likely N-dealkylation sites (N-methyl/N-ethyl adjacent to an activating group) is 1. The van der Waals surface area contributed by atoms with Crippen molar-refractivity contribution in [2.24, 2.45) is 5.92 Å². The second-order valence-electron chi connectivity index (χ2n) is 8.02. The second-order valence-corrected chi connectivity index (χ2v) is 8.02. The van der Waals surface area contributed by atoms with Gasteiger partial charge in [0.25, 0.3) is 0 Å². The summed E-state index contributed by atoms with van der Waals surface area (Å²) >= 11 is 0. The van der Waals surface area contributed by atoms with Crippen molar-refractivity contribution in [3.8, 4) is 5.75 Å². The van der Waals surface area contributed by atoms with Crippen LogP contribution in [0.4, 0.5) is 24.7 Å². The van der Waals surface area contributed by atoms with Crippen LogP contribution < -0.4 is 15.0 Å². The van der Waals surface area contributed by atoms with Crippen molar-refractivity contribution in [2.45, 2.75) is 66.5 Å². The van der Waals surface area contributed by atoms with E-state index in [1.54, 1.807) is 0 Å². The molecule has 33 heavy (non-hydrogen) atoms. The summed E-state index contributed by atoms with van der Waals surface area (Å²) < 4.78 is 45.2. The number of aromatic nitrogens is 2. The van der Waals surface area contributed by atoms with Gasteiger partial charge < -0.3 is 15.0 Å². The lowest BCUT2D eigenvalue weighted by Crippen LogP contribution is -2.45. The number of nitrogens with zero attached hydrogens (tertiary/aromatic N) is 3. The maximum absolute atomic E-state index is 13.3. The van der Waals surface area contributed by atoms with Gasteiger partial charge in [-0.2, -0.15) is 13.5 Å². The van der Waals surface area contributed by atoms with Crippen molar-refractivity contribution in [3.05, 3.63) is 41.1 Å². The van der Waals surface area contributed by atoms with E-state index in [0.29, 0.717) is 23.9 Å². The monoisotopic (exact) mass is 486 g/mol. The van der Waals surface area contributed by atoms with Crippen LogP contribution in [0.2, 0.25) is 0 Å². The fraction of sp³-hybridized carbons (Fsp3) is 0.522. The zero-order chi connectivity index (χ0) is 21.6. The molecule has 1 aromatic carbocycles. The first-order valence-corrected chi connectivity index (χ1v) is 9.95. The lowest BCUT2D eigenvalue weighted by atomic mass is 9.79. The van der Waals surface area contributed by atoms with Crippen LogP contribution in [0.5, 0.6) is 5.75 Å². The molecule has 184 valence electrons. The summed E-state index contributed by atoms with van der Waals surface area (Å²) in [7, 11) is 1.84. The number of ether oxygens (including phenoxy) is 1. The standard InChI is InChI=1S/C21H23F3N4O2.2CH4.H2S/c1-10-19-20(28(3)11(2)21(29)27-19)26-17(25-10)5-4-12-6-13(7-12)30-14-8-15(22)18(24)16(23)9-14;;;/h8-9,11-13H,4-7H2,1-3H3,(H,27,29);2*1H4;1H2/t11-,12?,13?;;;/m0.../s1. The van der Waals surface area contributed by atoms with E-state index in [1.165, 1.54) is 0 Å². The summed E-state index contributed by atoms with van der Waals surface area (Å²) in [5, 5.41) is 2.86. The van der Waals surface area contributed by atoms with Crippen LogP contribution >= 0.6 is 13.5 Å². The first-order valence-electron chi connectivity index (χ1n) is 9.95. The topological polar surface area (TPSA) is 67.4 Å². The molecule has 0 radical (unpaired) electrons. The van der Waals surface area contributed by atoms with Crippen molar-refractivity contribution in [2.75, 3.05) is 17.3 Å². The van der Waals surface area contributed by atoms with Crippen LogP contribution in [0.15, 0.2) is 12.1 Å². The van der Waals surface area contributed by atoms with E-state index in [4.69, 9.17) is 4.74 Å². The molecule has 1 fully saturated rings. The van der Waals surface area contributed by atoms with Crippen molar-refractivity contribution in [3.63, 3.8) is 0 Å². The molecule has 1 aliphatic carbocycles. The molecular weight excluding hydrogens is 453 g/mol. The Kier molecular flexibility index (Phi) is 9.59. The smallest absolute Gasteiger partial charge is 0.246 e. The Morgan fingerprint density at radius 1 is 1.15 bits per heavy atom. The fourth-order valence-corrected chi connectivity index (χ4v) is 3.85. The molecule has 10 heteroatoms. The summed E-state index contributed by atoms with van der Waals surface area (Å²) in [5.74, 6) is -2.25. The van der Waals surface area contributed by atoms with E-state index in [2.05, 4.69) is 15.3 Å². The predicted octanol–water partition coefficient (Wildman–Crippen LogP) is 5.15. The number of carbonyl (C=O) groups excluding carboxylic acids is 1. The molecule has 1 atom stereocenters. The van der Waals surface area contributed by atoms with Crippen LogP contribution in [0, 0.1) is 30.3 Å². The van der Waals surface area contributed by atoms with Gasteiger partial charge in [0.1, 0.15) is 23.3 Å². The third kappa shape index (κ3) is 5.72. The molecule has 0 bridgehead atoms. The third-order valence-corrected chi connectivity index (χ3v) is 5.89. The minimum Gasteiger partial charge on any atom is -0.490 e. The van der Waals surface area contributed by atoms with E-state index in [-0.39, 0.29) is 52.2 Å². The fourth-order valence-electron chi connectivity index (χ4n) is 3.85. The van der Waals surface area contributed by atoms with Gasteiger partial charge in [0.15, 0.2) is 23.3 Å². The zero-order valence-corrected chi connectivity index (χ0v) is 18.5. The molecule has 2 aromatic rings. The van der Waals surface area contributed by atoms with Gasteiger partial charge in [0.05, 0.1) is 11.8 Å². The Morgan fingerprint density at radius 2 is 1.76 bits per heavy atom. The van der Waals surface area contributed by atoms with Gasteiger partial charge in [-0.1, -0.05) is 14.9 Å². The number of rotatable bonds is 5. The summed E-state index contributed by atoms with van der Waals surface area (Å²) in [6, 6.07) is 1.43. The second kappa shape index (κ2) is 11.1. The molecule has 1 N–H and O–H groups in total. The van der Waals surface area contributed by atoms with Gasteiger partial charge in [-0.05, 0) is 39.0 Å². The number of halogens is 3. The normalized spacial score (nSPS) is 20.8. The Labute approximate surface area is 200 Å². The number of hydrogen-bond donors (Lipinski definition) is 1. The number of carbonyl (C=O) groups is 1. The van der Waals surface area contributed by atoms with E-state index < -0.39 is 17.5 Å². The van der Waals surface area contributed by atoms with Gasteiger partial charge in [0.2, 0.25) is 5.91 Å². The van der Waals surface area contributed by atoms with Crippen LogP contribution in [-0.2, 0) is 11.2 Å².